The Morgan fingerprint density at radius 3 is 2.48 bits per heavy atom. The van der Waals surface area contributed by atoms with Crippen LogP contribution in [0.2, 0.25) is 0 Å². The predicted molar refractivity (Wildman–Crippen MR) is 89.2 cm³/mol. The van der Waals surface area contributed by atoms with E-state index in [2.05, 4.69) is 45.4 Å². The van der Waals surface area contributed by atoms with Gasteiger partial charge in [0.05, 0.1) is 11.8 Å². The van der Waals surface area contributed by atoms with Crippen LogP contribution in [0.1, 0.15) is 15.9 Å². The van der Waals surface area contributed by atoms with Crippen LogP contribution in [0.15, 0.2) is 53.3 Å². The van der Waals surface area contributed by atoms with Crippen LogP contribution in [0.4, 0.5) is 0 Å². The average Bonchev–Trinajstić information content (AvgIpc) is 3.12. The Labute approximate surface area is 136 Å². The molecule has 1 aromatic heterocycles. The van der Waals surface area contributed by atoms with Crippen molar-refractivity contribution in [2.45, 2.75) is 6.54 Å². The van der Waals surface area contributed by atoms with Gasteiger partial charge in [-0.2, -0.15) is 0 Å². The molecule has 2 aromatic rings. The van der Waals surface area contributed by atoms with E-state index in [1.165, 1.54) is 18.1 Å². The molecule has 2 heterocycles. The van der Waals surface area contributed by atoms with Gasteiger partial charge >= 0.3 is 0 Å². The molecule has 0 unspecified atom stereocenters. The molecule has 23 heavy (non-hydrogen) atoms. The maximum absolute atomic E-state index is 11.8. The molecule has 1 saturated heterocycles. The molecule has 1 amide bonds. The van der Waals surface area contributed by atoms with Crippen LogP contribution in [-0.2, 0) is 6.54 Å². The van der Waals surface area contributed by atoms with Crippen LogP contribution in [-0.4, -0.2) is 55.0 Å². The van der Waals surface area contributed by atoms with E-state index in [1.807, 2.05) is 0 Å². The number of carbonyl (C=O) groups excluding carboxylic acids is 1. The van der Waals surface area contributed by atoms with E-state index < -0.39 is 0 Å². The van der Waals surface area contributed by atoms with Crippen molar-refractivity contribution in [3.8, 4) is 0 Å². The molecular formula is C18H23N3O2. The molecule has 5 nitrogen and oxygen atoms in total. The van der Waals surface area contributed by atoms with Crippen molar-refractivity contribution in [3.63, 3.8) is 0 Å². The van der Waals surface area contributed by atoms with Crippen LogP contribution in [0.3, 0.4) is 0 Å². The highest BCUT2D eigenvalue weighted by molar-refractivity contribution is 5.93. The van der Waals surface area contributed by atoms with E-state index in [4.69, 9.17) is 4.42 Å². The van der Waals surface area contributed by atoms with Gasteiger partial charge in [0.15, 0.2) is 0 Å². The van der Waals surface area contributed by atoms with Gasteiger partial charge in [-0.05, 0) is 11.6 Å². The SMILES string of the molecule is O=C(NCCN1CCN(Cc2ccccc2)CC1)c1ccoc1. The normalized spacial score (nSPS) is 16.3. The molecule has 3 rings (SSSR count). The number of carbonyl (C=O) groups is 1. The second-order valence-corrected chi connectivity index (χ2v) is 5.87. The second kappa shape index (κ2) is 7.94. The Kier molecular flexibility index (Phi) is 5.45. The summed E-state index contributed by atoms with van der Waals surface area (Å²) in [7, 11) is 0. The lowest BCUT2D eigenvalue weighted by atomic mass is 10.2. The number of piperazine rings is 1. The standard InChI is InChI=1S/C18H23N3O2/c22-18(17-6-13-23-15-17)19-7-8-20-9-11-21(12-10-20)14-16-4-2-1-3-5-16/h1-6,13,15H,7-12,14H2,(H,19,22). The van der Waals surface area contributed by atoms with Gasteiger partial charge in [0, 0.05) is 45.8 Å². The summed E-state index contributed by atoms with van der Waals surface area (Å²) in [5.41, 5.74) is 1.95. The summed E-state index contributed by atoms with van der Waals surface area (Å²) in [6, 6.07) is 12.3. The number of amides is 1. The lowest BCUT2D eigenvalue weighted by Gasteiger charge is -2.34. The van der Waals surface area contributed by atoms with Gasteiger partial charge in [-0.25, -0.2) is 0 Å². The fourth-order valence-electron chi connectivity index (χ4n) is 2.84. The highest BCUT2D eigenvalue weighted by Crippen LogP contribution is 2.08. The molecule has 1 aromatic carbocycles. The third kappa shape index (κ3) is 4.68. The zero-order valence-electron chi connectivity index (χ0n) is 13.3. The molecule has 5 heteroatoms. The molecule has 0 bridgehead atoms. The topological polar surface area (TPSA) is 48.7 Å². The van der Waals surface area contributed by atoms with Crippen LogP contribution < -0.4 is 5.32 Å². The zero-order valence-corrected chi connectivity index (χ0v) is 13.3. The van der Waals surface area contributed by atoms with Gasteiger partial charge < -0.3 is 9.73 Å². The molecule has 122 valence electrons. The van der Waals surface area contributed by atoms with Crippen molar-refractivity contribution in [1.29, 1.82) is 0 Å². The number of nitrogens with one attached hydrogen (secondary N) is 1. The van der Waals surface area contributed by atoms with Gasteiger partial charge in [-0.15, -0.1) is 0 Å². The molecule has 0 radical (unpaired) electrons. The Balaban J connectivity index is 1.34. The van der Waals surface area contributed by atoms with Crippen LogP contribution >= 0.6 is 0 Å². The first-order chi connectivity index (χ1) is 11.3. The number of hydrogen-bond donors (Lipinski definition) is 1. The Morgan fingerprint density at radius 1 is 1.04 bits per heavy atom. The van der Waals surface area contributed by atoms with Crippen molar-refractivity contribution in [2.75, 3.05) is 39.3 Å². The van der Waals surface area contributed by atoms with Gasteiger partial charge in [0.25, 0.3) is 5.91 Å². The van der Waals surface area contributed by atoms with Crippen molar-refractivity contribution in [1.82, 2.24) is 15.1 Å². The molecule has 1 aliphatic heterocycles. The first kappa shape index (κ1) is 15.8. The van der Waals surface area contributed by atoms with Gasteiger partial charge in [0.2, 0.25) is 0 Å². The number of rotatable bonds is 6. The minimum absolute atomic E-state index is 0.0681. The number of hydrogen-bond acceptors (Lipinski definition) is 4. The summed E-state index contributed by atoms with van der Waals surface area (Å²) >= 11 is 0. The fourth-order valence-corrected chi connectivity index (χ4v) is 2.84. The Hall–Kier alpha value is -2.11. The maximum Gasteiger partial charge on any atom is 0.254 e. The number of furan rings is 1. The average molecular weight is 313 g/mol. The molecule has 1 aliphatic rings. The van der Waals surface area contributed by atoms with Crippen LogP contribution in [0, 0.1) is 0 Å². The highest BCUT2D eigenvalue weighted by Gasteiger charge is 2.16. The summed E-state index contributed by atoms with van der Waals surface area (Å²) < 4.78 is 4.92. The molecule has 0 atom stereocenters. The van der Waals surface area contributed by atoms with Crippen molar-refractivity contribution < 1.29 is 9.21 Å². The first-order valence-corrected chi connectivity index (χ1v) is 8.10. The largest absolute Gasteiger partial charge is 0.472 e. The Morgan fingerprint density at radius 2 is 1.78 bits per heavy atom. The van der Waals surface area contributed by atoms with E-state index in [0.29, 0.717) is 12.1 Å². The van der Waals surface area contributed by atoms with Crippen LogP contribution in [0.5, 0.6) is 0 Å². The summed E-state index contributed by atoms with van der Waals surface area (Å²) in [5.74, 6) is -0.0681. The van der Waals surface area contributed by atoms with Crippen molar-refractivity contribution >= 4 is 5.91 Å². The van der Waals surface area contributed by atoms with E-state index in [1.54, 1.807) is 6.07 Å². The minimum Gasteiger partial charge on any atom is -0.472 e. The summed E-state index contributed by atoms with van der Waals surface area (Å²) in [4.78, 5) is 16.7. The lowest BCUT2D eigenvalue weighted by Crippen LogP contribution is -2.48. The van der Waals surface area contributed by atoms with Gasteiger partial charge in [-0.1, -0.05) is 30.3 Å². The highest BCUT2D eigenvalue weighted by atomic mass is 16.3. The molecule has 0 spiro atoms. The van der Waals surface area contributed by atoms with Gasteiger partial charge in [0.1, 0.15) is 6.26 Å². The molecular weight excluding hydrogens is 290 g/mol. The Bertz CT molecular complexity index is 590. The van der Waals surface area contributed by atoms with E-state index in [-0.39, 0.29) is 5.91 Å². The summed E-state index contributed by atoms with van der Waals surface area (Å²) in [5, 5.41) is 2.93. The fraction of sp³-hybridized carbons (Fsp3) is 0.389. The predicted octanol–water partition coefficient (Wildman–Crippen LogP) is 1.83. The second-order valence-electron chi connectivity index (χ2n) is 5.87. The molecule has 0 aliphatic carbocycles. The van der Waals surface area contributed by atoms with E-state index >= 15 is 0 Å². The molecule has 0 saturated carbocycles. The van der Waals surface area contributed by atoms with E-state index in [9.17, 15) is 4.79 Å². The first-order valence-electron chi connectivity index (χ1n) is 8.10. The van der Waals surface area contributed by atoms with Crippen molar-refractivity contribution in [3.05, 3.63) is 60.1 Å². The summed E-state index contributed by atoms with van der Waals surface area (Å²) in [6.45, 7) is 6.83. The van der Waals surface area contributed by atoms with Crippen molar-refractivity contribution in [2.24, 2.45) is 0 Å². The van der Waals surface area contributed by atoms with E-state index in [0.717, 1.165) is 39.3 Å². The zero-order chi connectivity index (χ0) is 15.9. The molecule has 1 fully saturated rings. The summed E-state index contributed by atoms with van der Waals surface area (Å²) in [6.07, 6.45) is 2.98. The third-order valence-corrected chi connectivity index (χ3v) is 4.21. The monoisotopic (exact) mass is 313 g/mol. The van der Waals surface area contributed by atoms with Gasteiger partial charge in [-0.3, -0.25) is 14.6 Å². The third-order valence-electron chi connectivity index (χ3n) is 4.21. The molecule has 1 N–H and O–H groups in total. The quantitative estimate of drug-likeness (QED) is 0.884. The van der Waals surface area contributed by atoms with Crippen LogP contribution in [0.25, 0.3) is 0 Å². The smallest absolute Gasteiger partial charge is 0.254 e. The maximum atomic E-state index is 11.8. The lowest BCUT2D eigenvalue weighted by molar-refractivity contribution is 0.0933. The number of benzene rings is 1. The minimum atomic E-state index is -0.0681. The number of nitrogens with zero attached hydrogens (tertiary/aromatic N) is 2.